The fourth-order valence-corrected chi connectivity index (χ4v) is 2.10. The SMILES string of the molecule is CCCNC(C#N)CN1CCCC(OC)C1. The highest BCUT2D eigenvalue weighted by Gasteiger charge is 2.21. The molecule has 1 N–H and O–H groups in total. The lowest BCUT2D eigenvalue weighted by Crippen LogP contribution is -2.46. The van der Waals surface area contributed by atoms with Crippen molar-refractivity contribution in [3.63, 3.8) is 0 Å². The number of likely N-dealkylation sites (tertiary alicyclic amines) is 1. The van der Waals surface area contributed by atoms with E-state index in [2.05, 4.69) is 23.2 Å². The molecule has 0 aromatic carbocycles. The Kier molecular flexibility index (Phi) is 6.39. The van der Waals surface area contributed by atoms with Gasteiger partial charge in [0.25, 0.3) is 0 Å². The Hall–Kier alpha value is -0.630. The van der Waals surface area contributed by atoms with Crippen molar-refractivity contribution in [2.75, 3.05) is 33.3 Å². The standard InChI is InChI=1S/C12H23N3O/c1-3-6-14-11(8-13)9-15-7-4-5-12(10-15)16-2/h11-12,14H,3-7,9-10H2,1-2H3. The number of hydrogen-bond acceptors (Lipinski definition) is 4. The van der Waals surface area contributed by atoms with Crippen molar-refractivity contribution < 1.29 is 4.74 Å². The van der Waals surface area contributed by atoms with Gasteiger partial charge in [-0.05, 0) is 32.4 Å². The maximum absolute atomic E-state index is 9.04. The first-order chi connectivity index (χ1) is 7.80. The van der Waals surface area contributed by atoms with E-state index in [1.54, 1.807) is 7.11 Å². The van der Waals surface area contributed by atoms with Gasteiger partial charge in [-0.1, -0.05) is 6.92 Å². The summed E-state index contributed by atoms with van der Waals surface area (Å²) in [6.45, 7) is 5.90. The van der Waals surface area contributed by atoms with Gasteiger partial charge in [0.05, 0.1) is 12.2 Å². The Morgan fingerprint density at radius 2 is 2.44 bits per heavy atom. The van der Waals surface area contributed by atoms with Crippen LogP contribution in [0, 0.1) is 11.3 Å². The Morgan fingerprint density at radius 3 is 3.06 bits per heavy atom. The van der Waals surface area contributed by atoms with Crippen molar-refractivity contribution >= 4 is 0 Å². The lowest BCUT2D eigenvalue weighted by molar-refractivity contribution is 0.0299. The second kappa shape index (κ2) is 7.61. The molecule has 1 heterocycles. The molecule has 92 valence electrons. The van der Waals surface area contributed by atoms with Gasteiger partial charge in [0.2, 0.25) is 0 Å². The van der Waals surface area contributed by atoms with Crippen LogP contribution in [0.5, 0.6) is 0 Å². The first kappa shape index (κ1) is 13.4. The molecule has 16 heavy (non-hydrogen) atoms. The van der Waals surface area contributed by atoms with Gasteiger partial charge in [-0.2, -0.15) is 5.26 Å². The minimum atomic E-state index is -0.0458. The summed E-state index contributed by atoms with van der Waals surface area (Å²) in [5.74, 6) is 0. The topological polar surface area (TPSA) is 48.3 Å². The Morgan fingerprint density at radius 1 is 1.62 bits per heavy atom. The molecule has 1 fully saturated rings. The summed E-state index contributed by atoms with van der Waals surface area (Å²) in [7, 11) is 1.77. The Balaban J connectivity index is 2.31. The van der Waals surface area contributed by atoms with Gasteiger partial charge in [-0.15, -0.1) is 0 Å². The second-order valence-corrected chi connectivity index (χ2v) is 4.40. The number of nitriles is 1. The number of rotatable bonds is 6. The molecule has 0 radical (unpaired) electrons. The van der Waals surface area contributed by atoms with Gasteiger partial charge in [0.1, 0.15) is 6.04 Å². The highest BCUT2D eigenvalue weighted by molar-refractivity contribution is 4.93. The smallest absolute Gasteiger partial charge is 0.108 e. The summed E-state index contributed by atoms with van der Waals surface area (Å²) in [5.41, 5.74) is 0. The highest BCUT2D eigenvalue weighted by atomic mass is 16.5. The lowest BCUT2D eigenvalue weighted by atomic mass is 10.1. The third-order valence-electron chi connectivity index (χ3n) is 3.03. The quantitative estimate of drug-likeness (QED) is 0.732. The molecular formula is C12H23N3O. The zero-order valence-electron chi connectivity index (χ0n) is 10.4. The van der Waals surface area contributed by atoms with Crippen LogP contribution in [0.4, 0.5) is 0 Å². The number of hydrogen-bond donors (Lipinski definition) is 1. The normalized spacial score (nSPS) is 23.9. The molecule has 0 spiro atoms. The second-order valence-electron chi connectivity index (χ2n) is 4.40. The van der Waals surface area contributed by atoms with E-state index in [9.17, 15) is 0 Å². The summed E-state index contributed by atoms with van der Waals surface area (Å²) in [4.78, 5) is 2.33. The molecular weight excluding hydrogens is 202 g/mol. The third kappa shape index (κ3) is 4.48. The molecule has 1 aliphatic rings. The fourth-order valence-electron chi connectivity index (χ4n) is 2.10. The van der Waals surface area contributed by atoms with Gasteiger partial charge in [-0.25, -0.2) is 0 Å². The average molecular weight is 225 g/mol. The molecule has 1 aliphatic heterocycles. The van der Waals surface area contributed by atoms with Gasteiger partial charge in [0, 0.05) is 20.2 Å². The predicted molar refractivity (Wildman–Crippen MR) is 64.2 cm³/mol. The van der Waals surface area contributed by atoms with Crippen LogP contribution in [0.15, 0.2) is 0 Å². The molecule has 2 unspecified atom stereocenters. The van der Waals surface area contributed by atoms with E-state index in [-0.39, 0.29) is 6.04 Å². The molecule has 0 aromatic heterocycles. The van der Waals surface area contributed by atoms with Crippen LogP contribution in [0.1, 0.15) is 26.2 Å². The molecule has 0 aromatic rings. The van der Waals surface area contributed by atoms with Crippen molar-refractivity contribution in [1.82, 2.24) is 10.2 Å². The maximum Gasteiger partial charge on any atom is 0.108 e. The van der Waals surface area contributed by atoms with Gasteiger partial charge in [-0.3, -0.25) is 4.90 Å². The van der Waals surface area contributed by atoms with Crippen LogP contribution in [0.3, 0.4) is 0 Å². The van der Waals surface area contributed by atoms with Crippen LogP contribution in [0.25, 0.3) is 0 Å². The lowest BCUT2D eigenvalue weighted by Gasteiger charge is -2.33. The van der Waals surface area contributed by atoms with Crippen LogP contribution < -0.4 is 5.32 Å². The fraction of sp³-hybridized carbons (Fsp3) is 0.917. The van der Waals surface area contributed by atoms with Crippen molar-refractivity contribution in [3.05, 3.63) is 0 Å². The maximum atomic E-state index is 9.04. The van der Waals surface area contributed by atoms with E-state index < -0.39 is 0 Å². The first-order valence-electron chi connectivity index (χ1n) is 6.18. The molecule has 2 atom stereocenters. The Bertz CT molecular complexity index is 227. The minimum absolute atomic E-state index is 0.0458. The number of piperidine rings is 1. The number of nitrogens with zero attached hydrogens (tertiary/aromatic N) is 2. The van der Waals surface area contributed by atoms with Crippen LogP contribution in [-0.2, 0) is 4.74 Å². The zero-order valence-corrected chi connectivity index (χ0v) is 10.4. The zero-order chi connectivity index (χ0) is 11.8. The van der Waals surface area contributed by atoms with E-state index in [1.807, 2.05) is 0 Å². The Labute approximate surface area is 98.6 Å². The van der Waals surface area contributed by atoms with E-state index in [0.29, 0.717) is 6.10 Å². The number of methoxy groups -OCH3 is 1. The molecule has 0 bridgehead atoms. The summed E-state index contributed by atoms with van der Waals surface area (Å²) >= 11 is 0. The highest BCUT2D eigenvalue weighted by Crippen LogP contribution is 2.12. The van der Waals surface area contributed by atoms with Crippen molar-refractivity contribution in [2.45, 2.75) is 38.3 Å². The predicted octanol–water partition coefficient (Wildman–Crippen LogP) is 0.989. The van der Waals surface area contributed by atoms with Crippen LogP contribution >= 0.6 is 0 Å². The van der Waals surface area contributed by atoms with Crippen molar-refractivity contribution in [1.29, 1.82) is 5.26 Å². The van der Waals surface area contributed by atoms with Crippen molar-refractivity contribution in [3.8, 4) is 6.07 Å². The summed E-state index contributed by atoms with van der Waals surface area (Å²) < 4.78 is 5.37. The van der Waals surface area contributed by atoms with E-state index in [1.165, 1.54) is 6.42 Å². The molecule has 1 rings (SSSR count). The van der Waals surface area contributed by atoms with E-state index in [4.69, 9.17) is 10.00 Å². The van der Waals surface area contributed by atoms with Gasteiger partial charge < -0.3 is 10.1 Å². The largest absolute Gasteiger partial charge is 0.380 e. The number of nitrogens with one attached hydrogen (secondary N) is 1. The van der Waals surface area contributed by atoms with Crippen molar-refractivity contribution in [2.24, 2.45) is 0 Å². The molecule has 4 nitrogen and oxygen atoms in total. The van der Waals surface area contributed by atoms with Crippen LogP contribution in [0.2, 0.25) is 0 Å². The third-order valence-corrected chi connectivity index (χ3v) is 3.03. The summed E-state index contributed by atoms with van der Waals surface area (Å²) in [6, 6.07) is 2.28. The number of ether oxygens (including phenoxy) is 1. The molecule has 1 saturated heterocycles. The minimum Gasteiger partial charge on any atom is -0.380 e. The van der Waals surface area contributed by atoms with Gasteiger partial charge >= 0.3 is 0 Å². The van der Waals surface area contributed by atoms with Crippen LogP contribution in [-0.4, -0.2) is 50.3 Å². The van der Waals surface area contributed by atoms with E-state index in [0.717, 1.165) is 39.0 Å². The summed E-state index contributed by atoms with van der Waals surface area (Å²) in [5, 5.41) is 12.3. The van der Waals surface area contributed by atoms with E-state index >= 15 is 0 Å². The molecule has 0 aliphatic carbocycles. The molecule has 4 heteroatoms. The first-order valence-corrected chi connectivity index (χ1v) is 6.18. The average Bonchev–Trinajstić information content (AvgIpc) is 2.34. The molecule has 0 saturated carbocycles. The molecule has 0 amide bonds. The van der Waals surface area contributed by atoms with Gasteiger partial charge in [0.15, 0.2) is 0 Å². The monoisotopic (exact) mass is 225 g/mol. The summed E-state index contributed by atoms with van der Waals surface area (Å²) in [6.07, 6.45) is 3.73.